The minimum atomic E-state index is -0.270. The van der Waals surface area contributed by atoms with Crippen LogP contribution < -0.4 is 5.32 Å². The molecule has 1 aromatic heterocycles. The second-order valence-electron chi connectivity index (χ2n) is 5.19. The van der Waals surface area contributed by atoms with Crippen LogP contribution in [0.25, 0.3) is 0 Å². The Bertz CT molecular complexity index is 337. The van der Waals surface area contributed by atoms with Gasteiger partial charge in [0.15, 0.2) is 0 Å². The molecular formula is C16H27FN2. The van der Waals surface area contributed by atoms with E-state index in [-0.39, 0.29) is 11.9 Å². The summed E-state index contributed by atoms with van der Waals surface area (Å²) < 4.78 is 12.9. The molecule has 2 unspecified atom stereocenters. The van der Waals surface area contributed by atoms with Crippen molar-refractivity contribution in [3.05, 3.63) is 29.8 Å². The van der Waals surface area contributed by atoms with Crippen molar-refractivity contribution in [2.45, 2.75) is 58.9 Å². The van der Waals surface area contributed by atoms with Gasteiger partial charge in [-0.05, 0) is 37.4 Å². The monoisotopic (exact) mass is 266 g/mol. The van der Waals surface area contributed by atoms with E-state index in [0.29, 0.717) is 0 Å². The number of halogens is 1. The molecule has 0 aliphatic carbocycles. The summed E-state index contributed by atoms with van der Waals surface area (Å²) in [5.41, 5.74) is 0.939. The van der Waals surface area contributed by atoms with E-state index in [1.165, 1.54) is 37.9 Å². The lowest BCUT2D eigenvalue weighted by Gasteiger charge is -2.21. The Labute approximate surface area is 116 Å². The lowest BCUT2D eigenvalue weighted by molar-refractivity contribution is 0.383. The fraction of sp³-hybridized carbons (Fsp3) is 0.688. The van der Waals surface area contributed by atoms with Crippen LogP contribution in [-0.2, 0) is 0 Å². The first-order valence-electron chi connectivity index (χ1n) is 7.56. The quantitative estimate of drug-likeness (QED) is 0.713. The molecule has 1 rings (SSSR count). The fourth-order valence-corrected chi connectivity index (χ4v) is 2.30. The molecule has 108 valence electrons. The van der Waals surface area contributed by atoms with Gasteiger partial charge in [-0.25, -0.2) is 4.39 Å². The van der Waals surface area contributed by atoms with E-state index in [2.05, 4.69) is 31.1 Å². The van der Waals surface area contributed by atoms with E-state index < -0.39 is 0 Å². The van der Waals surface area contributed by atoms with Crippen molar-refractivity contribution in [2.24, 2.45) is 5.92 Å². The number of nitrogens with zero attached hydrogens (tertiary/aromatic N) is 1. The molecular weight excluding hydrogens is 239 g/mol. The Balaban J connectivity index is 2.49. The molecule has 1 aromatic rings. The topological polar surface area (TPSA) is 24.9 Å². The van der Waals surface area contributed by atoms with Gasteiger partial charge in [-0.15, -0.1) is 0 Å². The Morgan fingerprint density at radius 3 is 2.53 bits per heavy atom. The highest BCUT2D eigenvalue weighted by atomic mass is 19.1. The van der Waals surface area contributed by atoms with Gasteiger partial charge >= 0.3 is 0 Å². The van der Waals surface area contributed by atoms with Gasteiger partial charge < -0.3 is 5.32 Å². The van der Waals surface area contributed by atoms with Gasteiger partial charge in [-0.1, -0.05) is 40.0 Å². The Hall–Kier alpha value is -0.960. The molecule has 0 aliphatic heterocycles. The molecule has 19 heavy (non-hydrogen) atoms. The van der Waals surface area contributed by atoms with Crippen molar-refractivity contribution in [1.29, 1.82) is 0 Å². The second kappa shape index (κ2) is 9.03. The maximum Gasteiger partial charge on any atom is 0.141 e. The first-order chi connectivity index (χ1) is 9.21. The van der Waals surface area contributed by atoms with Crippen molar-refractivity contribution in [3.8, 4) is 0 Å². The number of hydrogen-bond donors (Lipinski definition) is 1. The van der Waals surface area contributed by atoms with E-state index in [4.69, 9.17) is 0 Å². The van der Waals surface area contributed by atoms with Gasteiger partial charge in [0.25, 0.3) is 0 Å². The zero-order valence-electron chi connectivity index (χ0n) is 12.5. The summed E-state index contributed by atoms with van der Waals surface area (Å²) >= 11 is 0. The molecule has 0 aliphatic rings. The summed E-state index contributed by atoms with van der Waals surface area (Å²) in [4.78, 5) is 4.18. The highest BCUT2D eigenvalue weighted by Crippen LogP contribution is 2.17. The normalized spacial score (nSPS) is 14.3. The van der Waals surface area contributed by atoms with Crippen molar-refractivity contribution in [1.82, 2.24) is 10.3 Å². The molecule has 3 heteroatoms. The largest absolute Gasteiger partial charge is 0.308 e. The molecule has 0 bridgehead atoms. The molecule has 0 fully saturated rings. The molecule has 0 amide bonds. The average molecular weight is 266 g/mol. The van der Waals surface area contributed by atoms with Crippen molar-refractivity contribution < 1.29 is 4.39 Å². The number of rotatable bonds is 9. The molecule has 0 saturated heterocycles. The third kappa shape index (κ3) is 5.68. The molecule has 0 spiro atoms. The van der Waals surface area contributed by atoms with E-state index in [0.717, 1.165) is 24.6 Å². The minimum Gasteiger partial charge on any atom is -0.308 e. The van der Waals surface area contributed by atoms with Gasteiger partial charge in [0.2, 0.25) is 0 Å². The van der Waals surface area contributed by atoms with Gasteiger partial charge in [0.05, 0.1) is 11.9 Å². The van der Waals surface area contributed by atoms with Crippen LogP contribution >= 0.6 is 0 Å². The number of nitrogens with one attached hydrogen (secondary N) is 1. The number of hydrogen-bond acceptors (Lipinski definition) is 2. The van der Waals surface area contributed by atoms with Crippen LogP contribution in [0, 0.1) is 11.7 Å². The van der Waals surface area contributed by atoms with Crippen LogP contribution in [0.2, 0.25) is 0 Å². The van der Waals surface area contributed by atoms with Crippen molar-refractivity contribution >= 4 is 0 Å². The summed E-state index contributed by atoms with van der Waals surface area (Å²) in [5.74, 6) is 0.461. The van der Waals surface area contributed by atoms with Gasteiger partial charge in [0.1, 0.15) is 5.82 Å². The summed E-state index contributed by atoms with van der Waals surface area (Å²) in [5, 5.41) is 3.58. The van der Waals surface area contributed by atoms with Crippen molar-refractivity contribution in [2.75, 3.05) is 6.54 Å². The van der Waals surface area contributed by atoms with E-state index >= 15 is 0 Å². The lowest BCUT2D eigenvalue weighted by Crippen LogP contribution is -2.27. The van der Waals surface area contributed by atoms with E-state index in [9.17, 15) is 4.39 Å². The van der Waals surface area contributed by atoms with E-state index in [1.54, 1.807) is 6.07 Å². The van der Waals surface area contributed by atoms with Crippen LogP contribution in [0.4, 0.5) is 4.39 Å². The standard InChI is InChI=1S/C16H27FN2/c1-4-7-8-13(5-2)11-18-15(6-3)16-10-9-14(17)12-19-16/h9-10,12-13,15,18H,4-8,11H2,1-3H3. The number of pyridine rings is 1. The fourth-order valence-electron chi connectivity index (χ4n) is 2.30. The molecule has 1 heterocycles. The summed E-state index contributed by atoms with van der Waals surface area (Å²) in [7, 11) is 0. The first-order valence-corrected chi connectivity index (χ1v) is 7.56. The SMILES string of the molecule is CCCCC(CC)CNC(CC)c1ccc(F)cn1. The molecule has 2 nitrogen and oxygen atoms in total. The smallest absolute Gasteiger partial charge is 0.141 e. The molecule has 0 radical (unpaired) electrons. The van der Waals surface area contributed by atoms with Crippen molar-refractivity contribution in [3.63, 3.8) is 0 Å². The van der Waals surface area contributed by atoms with Gasteiger partial charge in [-0.2, -0.15) is 0 Å². The van der Waals surface area contributed by atoms with Gasteiger partial charge in [0, 0.05) is 6.04 Å². The van der Waals surface area contributed by atoms with Crippen LogP contribution in [0.1, 0.15) is 64.6 Å². The zero-order chi connectivity index (χ0) is 14.1. The highest BCUT2D eigenvalue weighted by molar-refractivity contribution is 5.09. The van der Waals surface area contributed by atoms with Crippen LogP contribution in [-0.4, -0.2) is 11.5 Å². The summed E-state index contributed by atoms with van der Waals surface area (Å²) in [6.45, 7) is 7.64. The average Bonchev–Trinajstić information content (AvgIpc) is 2.44. The Morgan fingerprint density at radius 1 is 1.21 bits per heavy atom. The highest BCUT2D eigenvalue weighted by Gasteiger charge is 2.13. The molecule has 2 atom stereocenters. The van der Waals surface area contributed by atoms with Crippen LogP contribution in [0.15, 0.2) is 18.3 Å². The third-order valence-electron chi connectivity index (χ3n) is 3.71. The first kappa shape index (κ1) is 16.1. The maximum absolute atomic E-state index is 12.9. The second-order valence-corrected chi connectivity index (χ2v) is 5.19. The van der Waals surface area contributed by atoms with Crippen LogP contribution in [0.5, 0.6) is 0 Å². The number of aromatic nitrogens is 1. The third-order valence-corrected chi connectivity index (χ3v) is 3.71. The summed E-state index contributed by atoms with van der Waals surface area (Å²) in [6, 6.07) is 3.50. The predicted molar refractivity (Wildman–Crippen MR) is 78.5 cm³/mol. The molecule has 0 aromatic carbocycles. The molecule has 0 saturated carbocycles. The Kier molecular flexibility index (Phi) is 7.65. The molecule has 1 N–H and O–H groups in total. The van der Waals surface area contributed by atoms with E-state index in [1.807, 2.05) is 0 Å². The Morgan fingerprint density at radius 2 is 2.00 bits per heavy atom. The minimum absolute atomic E-state index is 0.233. The zero-order valence-corrected chi connectivity index (χ0v) is 12.5. The summed E-state index contributed by atoms with van der Waals surface area (Å²) in [6.07, 6.45) is 7.32. The lowest BCUT2D eigenvalue weighted by atomic mass is 9.98. The number of unbranched alkanes of at least 4 members (excludes halogenated alkanes) is 1. The maximum atomic E-state index is 12.9. The van der Waals surface area contributed by atoms with Gasteiger partial charge in [-0.3, -0.25) is 4.98 Å². The predicted octanol–water partition coefficient (Wildman–Crippen LogP) is 4.48. The van der Waals surface area contributed by atoms with Crippen LogP contribution in [0.3, 0.4) is 0 Å².